The maximum Gasteiger partial charge on any atom is 0.257 e. The van der Waals surface area contributed by atoms with Crippen molar-refractivity contribution in [3.8, 4) is 0 Å². The van der Waals surface area contributed by atoms with Crippen LogP contribution in [0, 0.1) is 0 Å². The number of likely N-dealkylation sites (N-methyl/N-ethyl adjacent to an activating group) is 1. The first-order valence-corrected chi connectivity index (χ1v) is 4.69. The highest BCUT2D eigenvalue weighted by Gasteiger charge is 2.23. The number of anilines is 1. The molecule has 1 aromatic heterocycles. The lowest BCUT2D eigenvalue weighted by Crippen LogP contribution is -2.31. The number of rotatable bonds is 0. The van der Waals surface area contributed by atoms with Crippen LogP contribution in [0.2, 0.25) is 0 Å². The van der Waals surface area contributed by atoms with E-state index < -0.39 is 0 Å². The van der Waals surface area contributed by atoms with E-state index in [1.54, 1.807) is 18.5 Å². The van der Waals surface area contributed by atoms with Crippen LogP contribution in [0.1, 0.15) is 10.4 Å². The summed E-state index contributed by atoms with van der Waals surface area (Å²) >= 11 is 1.37. The number of carbonyl (C=O) groups is 2. The molecule has 0 spiro atoms. The van der Waals surface area contributed by atoms with Gasteiger partial charge in [-0.2, -0.15) is 0 Å². The molecule has 68 valence electrons. The van der Waals surface area contributed by atoms with Crippen molar-refractivity contribution in [2.24, 2.45) is 0 Å². The fourth-order valence-electron chi connectivity index (χ4n) is 1.23. The first-order chi connectivity index (χ1) is 6.18. The summed E-state index contributed by atoms with van der Waals surface area (Å²) in [7, 11) is 1.62. The minimum Gasteiger partial charge on any atom is -0.332 e. The van der Waals surface area contributed by atoms with Gasteiger partial charge in [0.05, 0.1) is 12.1 Å². The Hall–Kier alpha value is -1.36. The zero-order valence-electron chi connectivity index (χ0n) is 7.03. The quantitative estimate of drug-likeness (QED) is 0.666. The number of carbonyl (C=O) groups excluding carboxylic acids is 2. The molecule has 0 radical (unpaired) electrons. The second kappa shape index (κ2) is 2.85. The van der Waals surface area contributed by atoms with Gasteiger partial charge in [0.1, 0.15) is 5.00 Å². The minimum atomic E-state index is -0.142. The molecule has 2 rings (SSSR count). The molecule has 2 heterocycles. The molecule has 5 heteroatoms. The van der Waals surface area contributed by atoms with Gasteiger partial charge in [-0.3, -0.25) is 9.59 Å². The Bertz CT molecular complexity index is 372. The molecule has 0 aliphatic carbocycles. The van der Waals surface area contributed by atoms with Gasteiger partial charge in [-0.05, 0) is 11.4 Å². The van der Waals surface area contributed by atoms with Crippen LogP contribution in [0.4, 0.5) is 5.00 Å². The first kappa shape index (κ1) is 8.25. The SMILES string of the molecule is CN1CC(=O)Nc2sccc2C1=O. The fraction of sp³-hybridized carbons (Fsp3) is 0.250. The molecule has 1 aliphatic rings. The van der Waals surface area contributed by atoms with E-state index >= 15 is 0 Å². The lowest BCUT2D eigenvalue weighted by atomic mass is 10.3. The van der Waals surface area contributed by atoms with Crippen molar-refractivity contribution in [2.75, 3.05) is 18.9 Å². The molecule has 1 aromatic rings. The summed E-state index contributed by atoms with van der Waals surface area (Å²) in [5.41, 5.74) is 0.582. The minimum absolute atomic E-state index is 0.102. The molecule has 1 aliphatic heterocycles. The Labute approximate surface area is 79.2 Å². The van der Waals surface area contributed by atoms with Crippen LogP contribution in [-0.2, 0) is 4.79 Å². The third kappa shape index (κ3) is 1.31. The van der Waals surface area contributed by atoms with Crippen molar-refractivity contribution in [1.29, 1.82) is 0 Å². The Balaban J connectivity index is 2.47. The average Bonchev–Trinajstić information content (AvgIpc) is 2.47. The second-order valence-electron chi connectivity index (χ2n) is 2.87. The topological polar surface area (TPSA) is 49.4 Å². The summed E-state index contributed by atoms with van der Waals surface area (Å²) in [6, 6.07) is 1.73. The van der Waals surface area contributed by atoms with E-state index in [9.17, 15) is 9.59 Å². The van der Waals surface area contributed by atoms with Crippen LogP contribution in [0.25, 0.3) is 0 Å². The van der Waals surface area contributed by atoms with E-state index in [1.165, 1.54) is 16.2 Å². The molecule has 0 saturated carbocycles. The molecule has 0 bridgehead atoms. The van der Waals surface area contributed by atoms with Gasteiger partial charge in [0.25, 0.3) is 5.91 Å². The summed E-state index contributed by atoms with van der Waals surface area (Å²) in [4.78, 5) is 24.2. The number of nitrogens with zero attached hydrogens (tertiary/aromatic N) is 1. The van der Waals surface area contributed by atoms with E-state index in [1.807, 2.05) is 0 Å². The Morgan fingerprint density at radius 2 is 2.31 bits per heavy atom. The Morgan fingerprint density at radius 1 is 1.54 bits per heavy atom. The van der Waals surface area contributed by atoms with E-state index in [-0.39, 0.29) is 18.4 Å². The van der Waals surface area contributed by atoms with Crippen molar-refractivity contribution in [1.82, 2.24) is 4.90 Å². The van der Waals surface area contributed by atoms with Crippen molar-refractivity contribution >= 4 is 28.2 Å². The standard InChI is InChI=1S/C8H8N2O2S/c1-10-4-6(11)9-7-5(8(10)12)2-3-13-7/h2-3H,4H2,1H3,(H,9,11). The van der Waals surface area contributed by atoms with E-state index in [0.29, 0.717) is 10.6 Å². The van der Waals surface area contributed by atoms with Crippen molar-refractivity contribution in [2.45, 2.75) is 0 Å². The molecule has 0 atom stereocenters. The summed E-state index contributed by atoms with van der Waals surface area (Å²) in [5, 5.41) is 5.13. The highest BCUT2D eigenvalue weighted by atomic mass is 32.1. The number of nitrogens with one attached hydrogen (secondary N) is 1. The molecule has 0 unspecified atom stereocenters. The van der Waals surface area contributed by atoms with Crippen LogP contribution >= 0.6 is 11.3 Å². The monoisotopic (exact) mass is 196 g/mol. The molecule has 0 fully saturated rings. The lowest BCUT2D eigenvalue weighted by Gasteiger charge is -2.11. The Morgan fingerprint density at radius 3 is 3.08 bits per heavy atom. The van der Waals surface area contributed by atoms with Gasteiger partial charge in [0, 0.05) is 7.05 Å². The predicted molar refractivity (Wildman–Crippen MR) is 49.9 cm³/mol. The van der Waals surface area contributed by atoms with Gasteiger partial charge in [-0.15, -0.1) is 11.3 Å². The average molecular weight is 196 g/mol. The lowest BCUT2D eigenvalue weighted by molar-refractivity contribution is -0.116. The predicted octanol–water partition coefficient (Wildman–Crippen LogP) is 0.772. The number of hydrogen-bond donors (Lipinski definition) is 1. The normalized spacial score (nSPS) is 16.5. The summed E-state index contributed by atoms with van der Waals surface area (Å²) < 4.78 is 0. The van der Waals surface area contributed by atoms with Gasteiger partial charge in [0.2, 0.25) is 5.91 Å². The van der Waals surface area contributed by atoms with Crippen molar-refractivity contribution in [3.05, 3.63) is 17.0 Å². The van der Waals surface area contributed by atoms with Gasteiger partial charge in [-0.25, -0.2) is 0 Å². The van der Waals surface area contributed by atoms with E-state index in [2.05, 4.69) is 5.32 Å². The summed E-state index contributed by atoms with van der Waals surface area (Å²) in [6.45, 7) is 0.125. The largest absolute Gasteiger partial charge is 0.332 e. The van der Waals surface area contributed by atoms with E-state index in [0.717, 1.165) is 0 Å². The summed E-state index contributed by atoms with van der Waals surface area (Å²) in [6.07, 6.45) is 0. The second-order valence-corrected chi connectivity index (χ2v) is 3.79. The Kier molecular flexibility index (Phi) is 1.81. The molecule has 1 N–H and O–H groups in total. The van der Waals surface area contributed by atoms with Crippen molar-refractivity contribution in [3.63, 3.8) is 0 Å². The first-order valence-electron chi connectivity index (χ1n) is 3.81. The third-order valence-corrected chi connectivity index (χ3v) is 2.71. The zero-order chi connectivity index (χ0) is 9.42. The van der Waals surface area contributed by atoms with Gasteiger partial charge >= 0.3 is 0 Å². The van der Waals surface area contributed by atoms with Crippen LogP contribution in [-0.4, -0.2) is 30.3 Å². The van der Waals surface area contributed by atoms with Gasteiger partial charge < -0.3 is 10.2 Å². The maximum absolute atomic E-state index is 11.6. The van der Waals surface area contributed by atoms with Crippen LogP contribution < -0.4 is 5.32 Å². The smallest absolute Gasteiger partial charge is 0.257 e. The van der Waals surface area contributed by atoms with Gasteiger partial charge in [-0.1, -0.05) is 0 Å². The molecule has 0 saturated heterocycles. The molecular weight excluding hydrogens is 188 g/mol. The number of fused-ring (bicyclic) bond motifs is 1. The van der Waals surface area contributed by atoms with Crippen LogP contribution in [0.3, 0.4) is 0 Å². The zero-order valence-corrected chi connectivity index (χ0v) is 7.85. The fourth-order valence-corrected chi connectivity index (χ4v) is 2.03. The van der Waals surface area contributed by atoms with Crippen LogP contribution in [0.15, 0.2) is 11.4 Å². The molecule has 13 heavy (non-hydrogen) atoms. The van der Waals surface area contributed by atoms with Crippen molar-refractivity contribution < 1.29 is 9.59 Å². The highest BCUT2D eigenvalue weighted by molar-refractivity contribution is 7.14. The number of thiophene rings is 1. The number of amides is 2. The molecule has 2 amide bonds. The van der Waals surface area contributed by atoms with Gasteiger partial charge in [0.15, 0.2) is 0 Å². The van der Waals surface area contributed by atoms with Crippen LogP contribution in [0.5, 0.6) is 0 Å². The number of hydrogen-bond acceptors (Lipinski definition) is 3. The maximum atomic E-state index is 11.6. The molecular formula is C8H8N2O2S. The molecule has 0 aromatic carbocycles. The molecule has 4 nitrogen and oxygen atoms in total. The summed E-state index contributed by atoms with van der Waals surface area (Å²) in [5.74, 6) is -0.244. The third-order valence-electron chi connectivity index (χ3n) is 1.88. The highest BCUT2D eigenvalue weighted by Crippen LogP contribution is 2.25. The van der Waals surface area contributed by atoms with E-state index in [4.69, 9.17) is 0 Å².